The maximum atomic E-state index is 13.2. The second kappa shape index (κ2) is 7.28. The highest BCUT2D eigenvalue weighted by Crippen LogP contribution is 2.45. The Labute approximate surface area is 155 Å². The second-order valence-electron chi connectivity index (χ2n) is 8.44. The molecule has 0 unspecified atom stereocenters. The van der Waals surface area contributed by atoms with Crippen molar-refractivity contribution in [3.05, 3.63) is 35.6 Å². The van der Waals surface area contributed by atoms with Gasteiger partial charge in [-0.2, -0.15) is 0 Å². The Morgan fingerprint density at radius 1 is 1.08 bits per heavy atom. The summed E-state index contributed by atoms with van der Waals surface area (Å²) in [5, 5.41) is 0. The molecule has 26 heavy (non-hydrogen) atoms. The van der Waals surface area contributed by atoms with Crippen molar-refractivity contribution in [1.82, 2.24) is 14.7 Å². The second-order valence-corrected chi connectivity index (χ2v) is 8.44. The lowest BCUT2D eigenvalue weighted by atomic mass is 9.78. The molecule has 3 heterocycles. The molecule has 0 aliphatic carbocycles. The van der Waals surface area contributed by atoms with Crippen LogP contribution in [0.1, 0.15) is 31.7 Å². The molecule has 3 saturated heterocycles. The van der Waals surface area contributed by atoms with Gasteiger partial charge in [0.15, 0.2) is 0 Å². The van der Waals surface area contributed by atoms with Crippen molar-refractivity contribution in [3.8, 4) is 0 Å². The summed E-state index contributed by atoms with van der Waals surface area (Å²) in [6.45, 7) is 10.00. The predicted molar refractivity (Wildman–Crippen MR) is 100 cm³/mol. The molecule has 1 amide bonds. The van der Waals surface area contributed by atoms with Gasteiger partial charge in [-0.1, -0.05) is 19.1 Å². The molecular formula is C21H30FN3O. The third-order valence-corrected chi connectivity index (χ3v) is 6.73. The number of hydrogen-bond acceptors (Lipinski definition) is 3. The molecule has 1 aromatic carbocycles. The zero-order valence-corrected chi connectivity index (χ0v) is 15.8. The molecule has 1 aromatic rings. The van der Waals surface area contributed by atoms with E-state index in [2.05, 4.69) is 21.6 Å². The molecule has 1 spiro atoms. The van der Waals surface area contributed by atoms with E-state index in [1.165, 1.54) is 38.1 Å². The van der Waals surface area contributed by atoms with E-state index < -0.39 is 0 Å². The van der Waals surface area contributed by atoms with Crippen molar-refractivity contribution in [2.75, 3.05) is 45.8 Å². The lowest BCUT2D eigenvalue weighted by Gasteiger charge is -2.27. The standard InChI is InChI=1S/C21H30FN3O/c1-17-14-24(15-18-4-6-19(22)7-5-18)16-21(17)8-11-25(20(21)26)13-12-23-9-2-3-10-23/h4-7,17H,2-3,8-16H2,1H3/t17-,21+/m1/s1. The van der Waals surface area contributed by atoms with Gasteiger partial charge in [-0.3, -0.25) is 9.69 Å². The Morgan fingerprint density at radius 2 is 1.81 bits per heavy atom. The minimum Gasteiger partial charge on any atom is -0.341 e. The van der Waals surface area contributed by atoms with Gasteiger partial charge in [-0.05, 0) is 56.0 Å². The van der Waals surface area contributed by atoms with Crippen molar-refractivity contribution in [2.45, 2.75) is 32.7 Å². The maximum absolute atomic E-state index is 13.2. The molecule has 0 aromatic heterocycles. The highest BCUT2D eigenvalue weighted by atomic mass is 19.1. The first-order valence-electron chi connectivity index (χ1n) is 10.1. The molecule has 0 saturated carbocycles. The van der Waals surface area contributed by atoms with E-state index in [9.17, 15) is 9.18 Å². The fourth-order valence-electron chi connectivity index (χ4n) is 5.09. The highest BCUT2D eigenvalue weighted by molar-refractivity contribution is 5.86. The summed E-state index contributed by atoms with van der Waals surface area (Å²) >= 11 is 0. The Balaban J connectivity index is 1.36. The van der Waals surface area contributed by atoms with Gasteiger partial charge >= 0.3 is 0 Å². The van der Waals surface area contributed by atoms with Crippen LogP contribution in [0.4, 0.5) is 4.39 Å². The van der Waals surface area contributed by atoms with Gasteiger partial charge in [-0.25, -0.2) is 4.39 Å². The molecule has 0 N–H and O–H groups in total. The summed E-state index contributed by atoms with van der Waals surface area (Å²) in [5.74, 6) is 0.553. The summed E-state index contributed by atoms with van der Waals surface area (Å²) in [6.07, 6.45) is 3.58. The lowest BCUT2D eigenvalue weighted by Crippen LogP contribution is -2.42. The molecule has 2 atom stereocenters. The van der Waals surface area contributed by atoms with Gasteiger partial charge in [0, 0.05) is 39.3 Å². The minimum atomic E-state index is -0.203. The van der Waals surface area contributed by atoms with Crippen LogP contribution in [0.3, 0.4) is 0 Å². The third kappa shape index (κ3) is 3.39. The fraction of sp³-hybridized carbons (Fsp3) is 0.667. The van der Waals surface area contributed by atoms with E-state index in [1.807, 2.05) is 12.1 Å². The molecule has 0 bridgehead atoms. The average molecular weight is 359 g/mol. The summed E-state index contributed by atoms with van der Waals surface area (Å²) in [4.78, 5) is 20.2. The van der Waals surface area contributed by atoms with Gasteiger partial charge < -0.3 is 9.80 Å². The summed E-state index contributed by atoms with van der Waals surface area (Å²) in [7, 11) is 0. The molecule has 4 rings (SSSR count). The summed E-state index contributed by atoms with van der Waals surface area (Å²) in [6, 6.07) is 6.74. The monoisotopic (exact) mass is 359 g/mol. The molecule has 4 nitrogen and oxygen atoms in total. The first-order valence-corrected chi connectivity index (χ1v) is 10.1. The van der Waals surface area contributed by atoms with Crippen molar-refractivity contribution < 1.29 is 9.18 Å². The number of amides is 1. The zero-order valence-electron chi connectivity index (χ0n) is 15.8. The maximum Gasteiger partial charge on any atom is 0.230 e. The number of carbonyl (C=O) groups excluding carboxylic acids is 1. The first kappa shape index (κ1) is 17.9. The Kier molecular flexibility index (Phi) is 5.02. The van der Waals surface area contributed by atoms with Crippen molar-refractivity contribution in [3.63, 3.8) is 0 Å². The summed E-state index contributed by atoms with van der Waals surface area (Å²) < 4.78 is 13.1. The van der Waals surface area contributed by atoms with Crippen LogP contribution in [0.2, 0.25) is 0 Å². The fourth-order valence-corrected chi connectivity index (χ4v) is 5.09. The molecule has 5 heteroatoms. The van der Waals surface area contributed by atoms with Crippen LogP contribution in [-0.2, 0) is 11.3 Å². The van der Waals surface area contributed by atoms with Crippen LogP contribution in [0.5, 0.6) is 0 Å². The number of benzene rings is 1. The van der Waals surface area contributed by atoms with Crippen molar-refractivity contribution in [1.29, 1.82) is 0 Å². The number of halogens is 1. The lowest BCUT2D eigenvalue weighted by molar-refractivity contribution is -0.137. The molecule has 3 aliphatic heterocycles. The largest absolute Gasteiger partial charge is 0.341 e. The number of likely N-dealkylation sites (tertiary alicyclic amines) is 3. The summed E-state index contributed by atoms with van der Waals surface area (Å²) in [5.41, 5.74) is 0.914. The molecule has 3 fully saturated rings. The van der Waals surface area contributed by atoms with E-state index in [-0.39, 0.29) is 11.2 Å². The van der Waals surface area contributed by atoms with Crippen LogP contribution < -0.4 is 0 Å². The Morgan fingerprint density at radius 3 is 2.54 bits per heavy atom. The van der Waals surface area contributed by atoms with E-state index in [0.717, 1.165) is 51.3 Å². The van der Waals surface area contributed by atoms with E-state index in [4.69, 9.17) is 0 Å². The predicted octanol–water partition coefficient (Wildman–Crippen LogP) is 2.59. The number of nitrogens with zero attached hydrogens (tertiary/aromatic N) is 3. The minimum absolute atomic E-state index is 0.195. The van der Waals surface area contributed by atoms with Gasteiger partial charge in [0.25, 0.3) is 0 Å². The van der Waals surface area contributed by atoms with Gasteiger partial charge in [0.2, 0.25) is 5.91 Å². The first-order chi connectivity index (χ1) is 12.6. The Bertz CT molecular complexity index is 643. The third-order valence-electron chi connectivity index (χ3n) is 6.73. The topological polar surface area (TPSA) is 26.8 Å². The van der Waals surface area contributed by atoms with E-state index in [0.29, 0.717) is 11.8 Å². The van der Waals surface area contributed by atoms with Gasteiger partial charge in [-0.15, -0.1) is 0 Å². The Hall–Kier alpha value is -1.46. The van der Waals surface area contributed by atoms with Crippen molar-refractivity contribution in [2.24, 2.45) is 11.3 Å². The quantitative estimate of drug-likeness (QED) is 0.809. The number of rotatable bonds is 5. The molecule has 0 radical (unpaired) electrons. The van der Waals surface area contributed by atoms with Gasteiger partial charge in [0.05, 0.1) is 5.41 Å². The van der Waals surface area contributed by atoms with E-state index in [1.54, 1.807) is 0 Å². The average Bonchev–Trinajstić information content (AvgIpc) is 3.32. The molecular weight excluding hydrogens is 329 g/mol. The normalized spacial score (nSPS) is 30.2. The zero-order chi connectivity index (χ0) is 18.1. The van der Waals surface area contributed by atoms with Crippen LogP contribution in [0.15, 0.2) is 24.3 Å². The molecule has 3 aliphatic rings. The van der Waals surface area contributed by atoms with Crippen LogP contribution in [-0.4, -0.2) is 66.4 Å². The highest BCUT2D eigenvalue weighted by Gasteiger charge is 2.54. The number of carbonyl (C=O) groups is 1. The van der Waals surface area contributed by atoms with Crippen LogP contribution in [0, 0.1) is 17.2 Å². The number of hydrogen-bond donors (Lipinski definition) is 0. The smallest absolute Gasteiger partial charge is 0.230 e. The van der Waals surface area contributed by atoms with E-state index >= 15 is 0 Å². The van der Waals surface area contributed by atoms with Gasteiger partial charge in [0.1, 0.15) is 5.82 Å². The SMILES string of the molecule is C[C@@H]1CN(Cc2ccc(F)cc2)C[C@@]12CCN(CCN1CCCC1)C2=O. The van der Waals surface area contributed by atoms with Crippen molar-refractivity contribution >= 4 is 5.91 Å². The van der Waals surface area contributed by atoms with Crippen LogP contribution in [0.25, 0.3) is 0 Å². The van der Waals surface area contributed by atoms with Crippen LogP contribution >= 0.6 is 0 Å². The molecule has 142 valence electrons.